The quantitative estimate of drug-likeness (QED) is 0.485. The fourth-order valence-electron chi connectivity index (χ4n) is 4.10. The molecule has 0 saturated carbocycles. The summed E-state index contributed by atoms with van der Waals surface area (Å²) in [6.07, 6.45) is -0.697. The second-order valence-electron chi connectivity index (χ2n) is 8.39. The molecule has 0 aliphatic heterocycles. The van der Waals surface area contributed by atoms with Gasteiger partial charge in [-0.3, -0.25) is 10.1 Å². The normalized spacial score (nSPS) is 13.0. The first-order valence-corrected chi connectivity index (χ1v) is 11.0. The third kappa shape index (κ3) is 4.76. The van der Waals surface area contributed by atoms with Crippen LogP contribution in [0.4, 0.5) is 10.6 Å². The Labute approximate surface area is 197 Å². The molecule has 1 heterocycles. The Bertz CT molecular complexity index is 1190. The van der Waals surface area contributed by atoms with Crippen molar-refractivity contribution in [3.63, 3.8) is 0 Å². The Kier molecular flexibility index (Phi) is 6.58. The van der Waals surface area contributed by atoms with Crippen LogP contribution in [0, 0.1) is 5.92 Å². The smallest absolute Gasteiger partial charge is 0.412 e. The highest BCUT2D eigenvalue weighted by atomic mass is 16.5. The minimum Gasteiger partial charge on any atom is -0.480 e. The highest BCUT2D eigenvalue weighted by molar-refractivity contribution is 5.95. The lowest BCUT2D eigenvalue weighted by molar-refractivity contribution is -0.140. The van der Waals surface area contributed by atoms with Crippen LogP contribution in [-0.4, -0.2) is 40.7 Å². The van der Waals surface area contributed by atoms with Crippen molar-refractivity contribution in [3.8, 4) is 11.1 Å². The van der Waals surface area contributed by atoms with Crippen molar-refractivity contribution < 1.29 is 24.2 Å². The summed E-state index contributed by atoms with van der Waals surface area (Å²) in [5.74, 6) is -2.02. The van der Waals surface area contributed by atoms with Crippen LogP contribution >= 0.6 is 0 Å². The van der Waals surface area contributed by atoms with Gasteiger partial charge in [0.2, 0.25) is 0 Å². The number of pyridine rings is 1. The Morgan fingerprint density at radius 2 is 1.56 bits per heavy atom. The van der Waals surface area contributed by atoms with E-state index in [1.54, 1.807) is 19.9 Å². The van der Waals surface area contributed by atoms with Gasteiger partial charge in [0, 0.05) is 5.92 Å². The number of anilines is 1. The van der Waals surface area contributed by atoms with Gasteiger partial charge in [-0.1, -0.05) is 68.4 Å². The maximum Gasteiger partial charge on any atom is 0.412 e. The molecule has 1 atom stereocenters. The first-order chi connectivity index (χ1) is 16.3. The van der Waals surface area contributed by atoms with Crippen molar-refractivity contribution >= 4 is 23.8 Å². The van der Waals surface area contributed by atoms with Crippen LogP contribution < -0.4 is 10.6 Å². The van der Waals surface area contributed by atoms with E-state index in [9.17, 15) is 19.5 Å². The van der Waals surface area contributed by atoms with Gasteiger partial charge in [-0.2, -0.15) is 0 Å². The number of amides is 2. The highest BCUT2D eigenvalue weighted by Gasteiger charge is 2.29. The SMILES string of the molecule is CC(C)[C@@H](NC(=O)c1cccc(NC(=O)OCC2c3ccccc3-c3ccccc32)n1)C(=O)O. The first kappa shape index (κ1) is 23.0. The minimum atomic E-state index is -1.13. The van der Waals surface area contributed by atoms with Gasteiger partial charge in [-0.15, -0.1) is 0 Å². The summed E-state index contributed by atoms with van der Waals surface area (Å²) in [7, 11) is 0. The van der Waals surface area contributed by atoms with E-state index in [0.29, 0.717) is 0 Å². The van der Waals surface area contributed by atoms with Gasteiger partial charge in [0.15, 0.2) is 0 Å². The maximum absolute atomic E-state index is 12.5. The number of fused-ring (bicyclic) bond motifs is 3. The molecule has 0 saturated heterocycles. The molecule has 174 valence electrons. The molecule has 3 aromatic rings. The molecule has 2 amide bonds. The maximum atomic E-state index is 12.5. The summed E-state index contributed by atoms with van der Waals surface area (Å²) < 4.78 is 5.50. The van der Waals surface area contributed by atoms with Gasteiger partial charge in [-0.25, -0.2) is 14.6 Å². The van der Waals surface area contributed by atoms with Crippen molar-refractivity contribution in [1.82, 2.24) is 10.3 Å². The molecule has 1 aliphatic carbocycles. The van der Waals surface area contributed by atoms with Crippen LogP contribution in [0.5, 0.6) is 0 Å². The third-order valence-electron chi connectivity index (χ3n) is 5.77. The molecule has 8 heteroatoms. The number of nitrogens with zero attached hydrogens (tertiary/aromatic N) is 1. The molecule has 0 bridgehead atoms. The molecule has 0 fully saturated rings. The van der Waals surface area contributed by atoms with Crippen LogP contribution in [0.25, 0.3) is 11.1 Å². The molecule has 4 rings (SSSR count). The first-order valence-electron chi connectivity index (χ1n) is 11.0. The zero-order valence-corrected chi connectivity index (χ0v) is 18.8. The predicted octanol–water partition coefficient (Wildman–Crippen LogP) is 4.28. The topological polar surface area (TPSA) is 118 Å². The van der Waals surface area contributed by atoms with Crippen LogP contribution in [0.15, 0.2) is 66.7 Å². The second kappa shape index (κ2) is 9.74. The summed E-state index contributed by atoms with van der Waals surface area (Å²) in [5, 5.41) is 14.3. The van der Waals surface area contributed by atoms with Crippen LogP contribution in [0.2, 0.25) is 0 Å². The summed E-state index contributed by atoms with van der Waals surface area (Å²) in [5.41, 5.74) is 4.46. The van der Waals surface area contributed by atoms with Crippen molar-refractivity contribution in [2.24, 2.45) is 5.92 Å². The Morgan fingerprint density at radius 1 is 0.941 bits per heavy atom. The van der Waals surface area contributed by atoms with E-state index in [2.05, 4.69) is 27.8 Å². The van der Waals surface area contributed by atoms with Crippen LogP contribution in [0.1, 0.15) is 41.4 Å². The van der Waals surface area contributed by atoms with Crippen LogP contribution in [0.3, 0.4) is 0 Å². The number of rotatable bonds is 7. The summed E-state index contributed by atoms with van der Waals surface area (Å²) in [6, 6.07) is 19.6. The largest absolute Gasteiger partial charge is 0.480 e. The van der Waals surface area contributed by atoms with Crippen molar-refractivity contribution in [2.75, 3.05) is 11.9 Å². The summed E-state index contributed by atoms with van der Waals surface area (Å²) >= 11 is 0. The number of aromatic nitrogens is 1. The molecule has 0 unspecified atom stereocenters. The molecule has 34 heavy (non-hydrogen) atoms. The van der Waals surface area contributed by atoms with E-state index in [1.165, 1.54) is 12.1 Å². The lowest BCUT2D eigenvalue weighted by atomic mass is 9.98. The number of hydrogen-bond acceptors (Lipinski definition) is 5. The average Bonchev–Trinajstić information content (AvgIpc) is 3.14. The van der Waals surface area contributed by atoms with Gasteiger partial charge in [0.05, 0.1) is 0 Å². The molecule has 8 nitrogen and oxygen atoms in total. The van der Waals surface area contributed by atoms with Crippen LogP contribution in [-0.2, 0) is 9.53 Å². The zero-order chi connectivity index (χ0) is 24.2. The molecular weight excluding hydrogens is 434 g/mol. The van der Waals surface area contributed by atoms with Crippen molar-refractivity contribution in [3.05, 3.63) is 83.6 Å². The predicted molar refractivity (Wildman–Crippen MR) is 127 cm³/mol. The van der Waals surface area contributed by atoms with E-state index < -0.39 is 24.0 Å². The van der Waals surface area contributed by atoms with E-state index >= 15 is 0 Å². The fourth-order valence-corrected chi connectivity index (χ4v) is 4.10. The Balaban J connectivity index is 1.41. The van der Waals surface area contributed by atoms with Gasteiger partial charge in [-0.05, 0) is 40.3 Å². The highest BCUT2D eigenvalue weighted by Crippen LogP contribution is 2.44. The minimum absolute atomic E-state index is 0.0108. The summed E-state index contributed by atoms with van der Waals surface area (Å²) in [6.45, 7) is 3.54. The molecule has 1 aliphatic rings. The molecule has 2 aromatic carbocycles. The van der Waals surface area contributed by atoms with E-state index in [0.717, 1.165) is 22.3 Å². The Hall–Kier alpha value is -4.20. The monoisotopic (exact) mass is 459 g/mol. The number of nitrogens with one attached hydrogen (secondary N) is 2. The standard InChI is InChI=1S/C26H25N3O5/c1-15(2)23(25(31)32)29-24(30)21-12-7-13-22(27-21)28-26(33)34-14-20-18-10-5-3-8-16(18)17-9-4-6-11-19(17)20/h3-13,15,20,23H,14H2,1-2H3,(H,29,30)(H,31,32)(H,27,28,33)/t23-/m1/s1. The lowest BCUT2D eigenvalue weighted by Gasteiger charge is -2.17. The average molecular weight is 460 g/mol. The fraction of sp³-hybridized carbons (Fsp3) is 0.231. The van der Waals surface area contributed by atoms with E-state index in [1.807, 2.05) is 36.4 Å². The molecule has 0 radical (unpaired) electrons. The van der Waals surface area contributed by atoms with Gasteiger partial charge in [0.25, 0.3) is 5.91 Å². The molecule has 0 spiro atoms. The third-order valence-corrected chi connectivity index (χ3v) is 5.77. The van der Waals surface area contributed by atoms with Gasteiger partial charge in [0.1, 0.15) is 24.2 Å². The molecular formula is C26H25N3O5. The molecule has 1 aromatic heterocycles. The van der Waals surface area contributed by atoms with Crippen molar-refractivity contribution in [1.29, 1.82) is 0 Å². The molecule has 3 N–H and O–H groups in total. The summed E-state index contributed by atoms with van der Waals surface area (Å²) in [4.78, 5) is 40.4. The van der Waals surface area contributed by atoms with E-state index in [-0.39, 0.29) is 30.0 Å². The van der Waals surface area contributed by atoms with Gasteiger partial charge >= 0.3 is 12.1 Å². The number of carbonyl (C=O) groups excluding carboxylic acids is 2. The van der Waals surface area contributed by atoms with Gasteiger partial charge < -0.3 is 15.2 Å². The number of aliphatic carboxylic acids is 1. The number of carboxylic acids is 1. The lowest BCUT2D eigenvalue weighted by Crippen LogP contribution is -2.44. The number of carboxylic acid groups (broad SMARTS) is 1. The number of ether oxygens (including phenoxy) is 1. The van der Waals surface area contributed by atoms with E-state index in [4.69, 9.17) is 4.74 Å². The number of hydrogen-bond donors (Lipinski definition) is 3. The van der Waals surface area contributed by atoms with Crippen molar-refractivity contribution in [2.45, 2.75) is 25.8 Å². The Morgan fingerprint density at radius 3 is 2.15 bits per heavy atom. The second-order valence-corrected chi connectivity index (χ2v) is 8.39. The number of benzene rings is 2. The zero-order valence-electron chi connectivity index (χ0n) is 18.8. The number of carbonyl (C=O) groups is 3.